The molecule has 347 valence electrons. The van der Waals surface area contributed by atoms with Crippen LogP contribution in [-0.4, -0.2) is 46.6 Å². The number of carboxylic acid groups (broad SMARTS) is 1. The molecule has 0 spiro atoms. The molecule has 3 radical (unpaired) electrons. The quantitative estimate of drug-likeness (QED) is 0.0399. The second-order valence-electron chi connectivity index (χ2n) is 13.4. The number of unbranched alkanes of at least 4 members (excludes halogenated alkanes) is 2. The Morgan fingerprint density at radius 3 is 1.88 bits per heavy atom. The summed E-state index contributed by atoms with van der Waals surface area (Å²) in [6.45, 7) is 11.9. The Balaban J connectivity index is 0. The predicted octanol–water partition coefficient (Wildman–Crippen LogP) is 17.5. The molecular formula is C46H40F2I9N4O2Y3-5. The predicted molar refractivity (Wildman–Crippen MR) is 334 cm³/mol. The first-order chi connectivity index (χ1) is 29.2. The second-order valence-corrected chi connectivity index (χ2v) is 23.5. The maximum atomic E-state index is 13.9. The Morgan fingerprint density at radius 1 is 0.758 bits per heavy atom. The van der Waals surface area contributed by atoms with Crippen molar-refractivity contribution >= 4 is 267 Å². The summed E-state index contributed by atoms with van der Waals surface area (Å²) in [6, 6.07) is 23.5. The van der Waals surface area contributed by atoms with Crippen LogP contribution >= 0.6 is 203 Å². The standard InChI is InChI=1S/C14H15I3NO2.C12H7I2N.C11H10F2IN.C8H4I3N.CH4.3Y/c1-2-18(7-5-3-4-6-13(19)20)10-8-11(15)14(17)12(16)9-10;1-2-15-10-3-4-11-8(6-10)5-9(13)7-12(11)14;1-5-11(2,3)8-7(15-5)4-6(12)10(14)9(8)13;1-2-12-5-3-6(9)8(11)7(10)4-5;;;;/h8H,3-7H2,1H3,(H,19,20);3-5,7H,1H3;4H,1-3H3;3H,1H3;1H4;;;/q-1;-2;;-2;;;;. The van der Waals surface area contributed by atoms with E-state index in [0.29, 0.717) is 11.3 Å². The van der Waals surface area contributed by atoms with Crippen LogP contribution in [0.25, 0.3) is 10.8 Å². The number of benzene rings is 5. The fraction of sp³-hybridized carbons (Fsp3) is 0.283. The summed E-state index contributed by atoms with van der Waals surface area (Å²) in [6.07, 6.45) is 11.5. The van der Waals surface area contributed by atoms with Crippen LogP contribution in [0.1, 0.15) is 80.2 Å². The fourth-order valence-corrected chi connectivity index (χ4v) is 11.9. The Hall–Kier alpha value is 4.25. The van der Waals surface area contributed by atoms with Crippen LogP contribution in [0.5, 0.6) is 0 Å². The van der Waals surface area contributed by atoms with Crippen molar-refractivity contribution in [1.29, 1.82) is 0 Å². The van der Waals surface area contributed by atoms with Crippen molar-refractivity contribution in [3.05, 3.63) is 110 Å². The molecule has 6 nitrogen and oxygen atoms in total. The van der Waals surface area contributed by atoms with E-state index in [1.54, 1.807) is 36.4 Å². The minimum Gasteiger partial charge on any atom is -0.482 e. The smallest absolute Gasteiger partial charge is 0.303 e. The first-order valence-electron chi connectivity index (χ1n) is 18.3. The first-order valence-corrected chi connectivity index (χ1v) is 28.0. The Labute approximate surface area is 587 Å². The van der Waals surface area contributed by atoms with E-state index in [1.807, 2.05) is 39.8 Å². The number of hydrogen-bond donors (Lipinski definition) is 1. The van der Waals surface area contributed by atoms with Crippen molar-refractivity contribution in [2.45, 2.75) is 80.1 Å². The number of fused-ring (bicyclic) bond motifs is 2. The van der Waals surface area contributed by atoms with Gasteiger partial charge in [-0.3, -0.25) is 9.79 Å². The van der Waals surface area contributed by atoms with Crippen LogP contribution in [0.4, 0.5) is 31.5 Å². The van der Waals surface area contributed by atoms with Gasteiger partial charge in [-0.1, -0.05) is 199 Å². The van der Waals surface area contributed by atoms with Crippen LogP contribution in [-0.2, 0) is 108 Å². The summed E-state index contributed by atoms with van der Waals surface area (Å²) in [5.74, 6) is -1.73. The molecule has 1 heterocycles. The number of halogens is 11. The number of rotatable bonds is 9. The fourth-order valence-electron chi connectivity index (χ4n) is 5.54. The number of aliphatic carboxylic acids is 1. The molecule has 1 aliphatic heterocycles. The Kier molecular flexibility index (Phi) is 39.8. The van der Waals surface area contributed by atoms with Crippen LogP contribution in [0.15, 0.2) is 57.4 Å². The van der Waals surface area contributed by atoms with Gasteiger partial charge in [-0.2, -0.15) is 41.7 Å². The zero-order chi connectivity index (χ0) is 46.5. The molecule has 5 aromatic carbocycles. The molecule has 0 amide bonds. The van der Waals surface area contributed by atoms with E-state index in [-0.39, 0.29) is 116 Å². The van der Waals surface area contributed by atoms with Gasteiger partial charge in [0.2, 0.25) is 0 Å². The van der Waals surface area contributed by atoms with Gasteiger partial charge in [-0.25, -0.2) is 38.7 Å². The average Bonchev–Trinajstić information content (AvgIpc) is 3.43. The van der Waals surface area contributed by atoms with Crippen molar-refractivity contribution in [2.24, 2.45) is 15.0 Å². The minimum absolute atomic E-state index is 0. The van der Waals surface area contributed by atoms with Gasteiger partial charge < -0.3 is 19.7 Å². The van der Waals surface area contributed by atoms with Gasteiger partial charge in [0.15, 0.2) is 0 Å². The van der Waals surface area contributed by atoms with Gasteiger partial charge in [0, 0.05) is 140 Å². The number of carboxylic acids is 1. The monoisotopic (exact) mass is 2130 g/mol. The third-order valence-corrected chi connectivity index (χ3v) is 21.0. The van der Waals surface area contributed by atoms with Gasteiger partial charge in [0.1, 0.15) is 18.2 Å². The first kappa shape index (κ1) is 72.3. The molecule has 0 atom stereocenters. The van der Waals surface area contributed by atoms with Crippen LogP contribution in [0, 0.1) is 62.0 Å². The minimum atomic E-state index is -0.717. The second kappa shape index (κ2) is 36.3. The molecule has 0 saturated heterocycles. The van der Waals surface area contributed by atoms with Crippen LogP contribution in [0.3, 0.4) is 0 Å². The van der Waals surface area contributed by atoms with Gasteiger partial charge in [0.25, 0.3) is 0 Å². The summed E-state index contributed by atoms with van der Waals surface area (Å²) < 4.78 is 38.9. The zero-order valence-electron chi connectivity index (χ0n) is 35.6. The third kappa shape index (κ3) is 22.5. The van der Waals surface area contributed by atoms with Crippen LogP contribution in [0.2, 0.25) is 0 Å². The summed E-state index contributed by atoms with van der Waals surface area (Å²) in [4.78, 5) is 22.8. The molecule has 1 N–H and O–H groups in total. The largest absolute Gasteiger partial charge is 0.482 e. The molecule has 20 heteroatoms. The van der Waals surface area contributed by atoms with E-state index >= 15 is 0 Å². The Morgan fingerprint density at radius 2 is 1.33 bits per heavy atom. The summed E-state index contributed by atoms with van der Waals surface area (Å²) >= 11 is 20.2. The van der Waals surface area contributed by atoms with E-state index in [1.165, 1.54) is 32.9 Å². The normalized spacial score (nSPS) is 12.1. The van der Waals surface area contributed by atoms with Crippen molar-refractivity contribution in [2.75, 3.05) is 6.54 Å². The number of carbonyl (C=O) groups is 1. The molecule has 1 aliphatic rings. The van der Waals surface area contributed by atoms with E-state index in [0.717, 1.165) is 61.1 Å². The molecule has 0 unspecified atom stereocenters. The van der Waals surface area contributed by atoms with Crippen molar-refractivity contribution in [1.82, 2.24) is 0 Å². The summed E-state index contributed by atoms with van der Waals surface area (Å²) in [5.41, 5.74) is 4.03. The molecule has 6 rings (SSSR count). The molecule has 0 bridgehead atoms. The van der Waals surface area contributed by atoms with E-state index < -0.39 is 23.0 Å². The molecule has 0 saturated carbocycles. The number of nitrogens with zero attached hydrogens (tertiary/aromatic N) is 4. The average molecular weight is 2130 g/mol. The SMILES string of the molecule is C.CC1=Nc2cc(F)c(I)c(F)c2C1(C)C.C[C-]=Nc1[c-]c(I)c(I)c(I)c1.C[C-]=Nc1[c-]c2cc(I)cc(I)c2cc1.C[C-]=[N+](CCCCCC(=O)O)c1[c-]c(I)c(I)c(I)c1.[Y].[Y].[Y]. The van der Waals surface area contributed by atoms with Gasteiger partial charge in [-0.05, 0) is 49.5 Å². The van der Waals surface area contributed by atoms with E-state index in [4.69, 9.17) is 5.11 Å². The molecule has 0 aromatic heterocycles. The number of hydrogen-bond acceptors (Lipinski definition) is 4. The zero-order valence-corrected chi connectivity index (χ0v) is 63.5. The topological polar surface area (TPSA) is 77.4 Å². The molecule has 0 fully saturated rings. The molecule has 0 aliphatic carbocycles. The van der Waals surface area contributed by atoms with Crippen molar-refractivity contribution < 1.29 is 121 Å². The maximum absolute atomic E-state index is 13.9. The Bertz CT molecular complexity index is 2520. The summed E-state index contributed by atoms with van der Waals surface area (Å²) in [5, 5.41) is 10.9. The molecule has 66 heavy (non-hydrogen) atoms. The van der Waals surface area contributed by atoms with Crippen molar-refractivity contribution in [3.63, 3.8) is 0 Å². The summed E-state index contributed by atoms with van der Waals surface area (Å²) in [7, 11) is 0. The molecule has 5 aromatic rings. The van der Waals surface area contributed by atoms with Gasteiger partial charge in [-0.15, -0.1) is 68.7 Å². The van der Waals surface area contributed by atoms with Crippen LogP contribution < -0.4 is 0 Å². The van der Waals surface area contributed by atoms with Crippen molar-refractivity contribution in [3.8, 4) is 0 Å². The maximum Gasteiger partial charge on any atom is 0.303 e. The van der Waals surface area contributed by atoms with Gasteiger partial charge >= 0.3 is 5.97 Å². The third-order valence-electron chi connectivity index (χ3n) is 8.83. The van der Waals surface area contributed by atoms with Gasteiger partial charge in [0.05, 0.1) is 9.26 Å². The van der Waals surface area contributed by atoms with E-state index in [9.17, 15) is 13.6 Å². The molecular weight excluding hydrogens is 2090 g/mol. The van der Waals surface area contributed by atoms with E-state index in [2.05, 4.69) is 261 Å². The number of aliphatic imine (C=N–C) groups is 3.